The van der Waals surface area contributed by atoms with Crippen LogP contribution in [0.25, 0.3) is 0 Å². The molecule has 0 saturated heterocycles. The van der Waals surface area contributed by atoms with E-state index < -0.39 is 0 Å². The van der Waals surface area contributed by atoms with Gasteiger partial charge in [0.25, 0.3) is 0 Å². The number of nitrogens with two attached hydrogens (primary N) is 1. The van der Waals surface area contributed by atoms with E-state index in [9.17, 15) is 0 Å². The van der Waals surface area contributed by atoms with Crippen LogP contribution in [-0.4, -0.2) is 28.0 Å². The highest BCUT2D eigenvalue weighted by Gasteiger charge is 2.29. The molecule has 5 heteroatoms. The summed E-state index contributed by atoms with van der Waals surface area (Å²) in [7, 11) is 0. The molecule has 1 aromatic rings. The van der Waals surface area contributed by atoms with Gasteiger partial charge in [-0.1, -0.05) is 12.2 Å². The lowest BCUT2D eigenvalue weighted by Crippen LogP contribution is -2.29. The summed E-state index contributed by atoms with van der Waals surface area (Å²) in [6.45, 7) is 2.25. The van der Waals surface area contributed by atoms with Crippen LogP contribution in [0.4, 0.5) is 5.82 Å². The summed E-state index contributed by atoms with van der Waals surface area (Å²) in [5, 5.41) is 0. The second-order valence-corrected chi connectivity index (χ2v) is 5.86. The smallest absolute Gasteiger partial charge is 0.147 e. The normalized spacial score (nSPS) is 18.7. The zero-order valence-corrected chi connectivity index (χ0v) is 11.2. The van der Waals surface area contributed by atoms with Crippen molar-refractivity contribution >= 4 is 23.0 Å². The Bertz CT molecular complexity index is 423. The number of rotatable bonds is 6. The quantitative estimate of drug-likeness (QED) is 0.791. The lowest BCUT2D eigenvalue weighted by Gasteiger charge is -2.23. The van der Waals surface area contributed by atoms with Crippen molar-refractivity contribution in [2.24, 2.45) is 17.6 Å². The third-order valence-corrected chi connectivity index (χ3v) is 3.77. The molecule has 3 rings (SSSR count). The highest BCUT2D eigenvalue weighted by atomic mass is 32.1. The summed E-state index contributed by atoms with van der Waals surface area (Å²) in [5.41, 5.74) is 6.14. The maximum Gasteiger partial charge on any atom is 0.147 e. The number of hydrogen-bond acceptors (Lipinski definition) is 4. The predicted octanol–water partition coefficient (Wildman–Crippen LogP) is 1.74. The molecular formula is C13H18N4S. The minimum absolute atomic E-state index is 0.310. The Labute approximate surface area is 113 Å². The topological polar surface area (TPSA) is 55.0 Å². The lowest BCUT2D eigenvalue weighted by molar-refractivity contribution is 0.670. The molecule has 0 amide bonds. The molecule has 0 radical (unpaired) electrons. The third kappa shape index (κ3) is 2.96. The maximum atomic E-state index is 5.54. The number of hydrogen-bond donors (Lipinski definition) is 1. The highest BCUT2D eigenvalue weighted by molar-refractivity contribution is 7.80. The predicted molar refractivity (Wildman–Crippen MR) is 75.6 cm³/mol. The third-order valence-electron chi connectivity index (χ3n) is 3.57. The summed E-state index contributed by atoms with van der Waals surface area (Å²) >= 11 is 4.89. The molecule has 2 saturated carbocycles. The second-order valence-electron chi connectivity index (χ2n) is 5.42. The number of anilines is 1. The average Bonchev–Trinajstić information content (AvgIpc) is 3.23. The van der Waals surface area contributed by atoms with Gasteiger partial charge in [-0.15, -0.1) is 0 Å². The molecule has 0 atom stereocenters. The van der Waals surface area contributed by atoms with E-state index in [2.05, 4.69) is 14.9 Å². The van der Waals surface area contributed by atoms with Gasteiger partial charge in [0.2, 0.25) is 0 Å². The van der Waals surface area contributed by atoms with Gasteiger partial charge < -0.3 is 10.6 Å². The van der Waals surface area contributed by atoms with Gasteiger partial charge in [0.15, 0.2) is 0 Å². The fourth-order valence-corrected chi connectivity index (χ4v) is 2.20. The van der Waals surface area contributed by atoms with Crippen molar-refractivity contribution in [1.29, 1.82) is 0 Å². The first-order valence-electron chi connectivity index (χ1n) is 6.59. The Balaban J connectivity index is 1.72. The summed E-state index contributed by atoms with van der Waals surface area (Å²) < 4.78 is 0. The van der Waals surface area contributed by atoms with E-state index in [0.717, 1.165) is 30.7 Å². The average molecular weight is 262 g/mol. The molecule has 0 bridgehead atoms. The van der Waals surface area contributed by atoms with E-state index in [1.165, 1.54) is 25.7 Å². The maximum absolute atomic E-state index is 5.54. The number of nitrogens with zero attached hydrogens (tertiary/aromatic N) is 3. The van der Waals surface area contributed by atoms with Crippen LogP contribution < -0.4 is 10.6 Å². The summed E-state index contributed by atoms with van der Waals surface area (Å²) in [6, 6.07) is 0. The van der Waals surface area contributed by atoms with Crippen molar-refractivity contribution in [1.82, 2.24) is 9.97 Å². The molecular weight excluding hydrogens is 244 g/mol. The van der Waals surface area contributed by atoms with E-state index in [1.54, 1.807) is 12.4 Å². The SMILES string of the molecule is NC(=S)c1cnc(N(CC2CC2)CC2CC2)cn1. The Morgan fingerprint density at radius 2 is 1.78 bits per heavy atom. The largest absolute Gasteiger partial charge is 0.388 e. The van der Waals surface area contributed by atoms with Crippen LogP contribution in [0.2, 0.25) is 0 Å². The monoisotopic (exact) mass is 262 g/mol. The van der Waals surface area contributed by atoms with Crippen LogP contribution in [0.15, 0.2) is 12.4 Å². The van der Waals surface area contributed by atoms with Crippen molar-refractivity contribution in [3.63, 3.8) is 0 Å². The minimum atomic E-state index is 0.310. The molecule has 2 N–H and O–H groups in total. The van der Waals surface area contributed by atoms with Crippen LogP contribution in [0.1, 0.15) is 31.4 Å². The van der Waals surface area contributed by atoms with Crippen molar-refractivity contribution in [2.45, 2.75) is 25.7 Å². The minimum Gasteiger partial charge on any atom is -0.388 e. The van der Waals surface area contributed by atoms with E-state index in [0.29, 0.717) is 10.7 Å². The molecule has 18 heavy (non-hydrogen) atoms. The van der Waals surface area contributed by atoms with Gasteiger partial charge in [-0.05, 0) is 37.5 Å². The van der Waals surface area contributed by atoms with Crippen LogP contribution in [-0.2, 0) is 0 Å². The van der Waals surface area contributed by atoms with Crippen LogP contribution in [0.3, 0.4) is 0 Å². The van der Waals surface area contributed by atoms with Gasteiger partial charge in [0, 0.05) is 13.1 Å². The van der Waals surface area contributed by atoms with Gasteiger partial charge in [-0.25, -0.2) is 9.97 Å². The van der Waals surface area contributed by atoms with E-state index in [4.69, 9.17) is 18.0 Å². The van der Waals surface area contributed by atoms with E-state index in [1.807, 2.05) is 0 Å². The Morgan fingerprint density at radius 1 is 1.17 bits per heavy atom. The van der Waals surface area contributed by atoms with Gasteiger partial charge >= 0.3 is 0 Å². The van der Waals surface area contributed by atoms with Gasteiger partial charge in [0.1, 0.15) is 16.5 Å². The molecule has 2 aliphatic carbocycles. The van der Waals surface area contributed by atoms with Crippen molar-refractivity contribution in [3.05, 3.63) is 18.1 Å². The molecule has 0 unspecified atom stereocenters. The molecule has 1 aromatic heterocycles. The first-order chi connectivity index (χ1) is 8.72. The molecule has 2 aliphatic rings. The van der Waals surface area contributed by atoms with Gasteiger partial charge in [-0.3, -0.25) is 0 Å². The first-order valence-corrected chi connectivity index (χ1v) is 7.00. The Hall–Kier alpha value is -1.23. The molecule has 0 aliphatic heterocycles. The van der Waals surface area contributed by atoms with Crippen LogP contribution >= 0.6 is 12.2 Å². The zero-order chi connectivity index (χ0) is 12.5. The summed E-state index contributed by atoms with van der Waals surface area (Å²) in [4.78, 5) is 11.4. The van der Waals surface area contributed by atoms with Gasteiger partial charge in [0.05, 0.1) is 12.4 Å². The van der Waals surface area contributed by atoms with Crippen molar-refractivity contribution < 1.29 is 0 Å². The fourth-order valence-electron chi connectivity index (χ4n) is 2.10. The molecule has 2 fully saturated rings. The fraction of sp³-hybridized carbons (Fsp3) is 0.615. The van der Waals surface area contributed by atoms with Crippen LogP contribution in [0, 0.1) is 11.8 Å². The van der Waals surface area contributed by atoms with Crippen molar-refractivity contribution in [2.75, 3.05) is 18.0 Å². The molecule has 96 valence electrons. The highest BCUT2D eigenvalue weighted by Crippen LogP contribution is 2.35. The summed E-state index contributed by atoms with van der Waals surface area (Å²) in [6.07, 6.45) is 8.93. The molecule has 1 heterocycles. The number of thiocarbonyl (C=S) groups is 1. The first kappa shape index (κ1) is 11.8. The summed E-state index contributed by atoms with van der Waals surface area (Å²) in [5.74, 6) is 2.69. The second kappa shape index (κ2) is 4.80. The molecule has 0 aromatic carbocycles. The van der Waals surface area contributed by atoms with E-state index in [-0.39, 0.29) is 0 Å². The molecule has 4 nitrogen and oxygen atoms in total. The van der Waals surface area contributed by atoms with Crippen LogP contribution in [0.5, 0.6) is 0 Å². The van der Waals surface area contributed by atoms with E-state index >= 15 is 0 Å². The zero-order valence-electron chi connectivity index (χ0n) is 10.4. The number of aromatic nitrogens is 2. The standard InChI is InChI=1S/C13H18N4S/c14-13(18)11-5-16-12(6-15-11)17(7-9-1-2-9)8-10-3-4-10/h5-6,9-10H,1-4,7-8H2,(H2,14,18). The molecule has 0 spiro atoms. The van der Waals surface area contributed by atoms with Crippen molar-refractivity contribution in [3.8, 4) is 0 Å². The Kier molecular flexibility index (Phi) is 3.16. The Morgan fingerprint density at radius 3 is 2.17 bits per heavy atom. The lowest BCUT2D eigenvalue weighted by atomic mass is 10.3. The van der Waals surface area contributed by atoms with Gasteiger partial charge in [-0.2, -0.15) is 0 Å².